The third kappa shape index (κ3) is 4.94. The van der Waals surface area contributed by atoms with Gasteiger partial charge in [0.2, 0.25) is 5.91 Å². The van der Waals surface area contributed by atoms with Gasteiger partial charge in [0.25, 0.3) is 0 Å². The molecule has 1 heterocycles. The van der Waals surface area contributed by atoms with Crippen LogP contribution in [0.2, 0.25) is 0 Å². The van der Waals surface area contributed by atoms with Crippen LogP contribution < -0.4 is 10.1 Å². The van der Waals surface area contributed by atoms with Crippen molar-refractivity contribution < 1.29 is 19.4 Å². The Kier molecular flexibility index (Phi) is 4.78. The number of aliphatic carboxylic acids is 1. The van der Waals surface area contributed by atoms with Crippen LogP contribution in [0.5, 0.6) is 5.75 Å². The van der Waals surface area contributed by atoms with E-state index >= 15 is 0 Å². The minimum atomic E-state index is -1.07. The molecule has 0 spiro atoms. The van der Waals surface area contributed by atoms with Crippen LogP contribution in [0.1, 0.15) is 6.42 Å². The average molecular weight is 224 g/mol. The third-order valence-corrected chi connectivity index (χ3v) is 1.67. The van der Waals surface area contributed by atoms with Gasteiger partial charge in [-0.25, -0.2) is 0 Å². The highest BCUT2D eigenvalue weighted by molar-refractivity contribution is 5.81. The summed E-state index contributed by atoms with van der Waals surface area (Å²) in [5.74, 6) is -0.846. The van der Waals surface area contributed by atoms with E-state index in [1.165, 1.54) is 6.20 Å². The molecule has 0 saturated carbocycles. The van der Waals surface area contributed by atoms with Crippen molar-refractivity contribution in [3.63, 3.8) is 0 Å². The summed E-state index contributed by atoms with van der Waals surface area (Å²) in [6.45, 7) is -0.178. The lowest BCUT2D eigenvalue weighted by Crippen LogP contribution is -2.30. The molecule has 0 atom stereocenters. The molecular formula is C10H12N2O4. The summed E-state index contributed by atoms with van der Waals surface area (Å²) in [5, 5.41) is 10.5. The van der Waals surface area contributed by atoms with Crippen LogP contribution in [-0.4, -0.2) is 35.1 Å². The van der Waals surface area contributed by atoms with Crippen LogP contribution in [0.4, 0.5) is 0 Å². The Hall–Kier alpha value is -2.11. The largest absolute Gasteiger partial charge is 0.491 e. The number of hydrogen-bond acceptors (Lipinski definition) is 4. The van der Waals surface area contributed by atoms with E-state index in [4.69, 9.17) is 9.84 Å². The molecule has 6 nitrogen and oxygen atoms in total. The van der Waals surface area contributed by atoms with Crippen molar-refractivity contribution in [2.45, 2.75) is 6.42 Å². The van der Waals surface area contributed by atoms with Gasteiger partial charge in [-0.3, -0.25) is 14.6 Å². The molecule has 0 aliphatic carbocycles. The first-order valence-corrected chi connectivity index (χ1v) is 4.70. The Balaban J connectivity index is 2.16. The van der Waals surface area contributed by atoms with E-state index in [1.807, 2.05) is 0 Å². The standard InChI is InChI=1S/C10H12N2O4/c13-9(12-7-10(14)15)3-5-16-8-2-1-4-11-6-8/h1-2,4,6H,3,5,7H2,(H,12,13)(H,14,15). The van der Waals surface area contributed by atoms with Gasteiger partial charge >= 0.3 is 5.97 Å². The summed E-state index contributed by atoms with van der Waals surface area (Å²) < 4.78 is 5.21. The first-order chi connectivity index (χ1) is 7.68. The first-order valence-electron chi connectivity index (χ1n) is 4.70. The number of pyridine rings is 1. The van der Waals surface area contributed by atoms with E-state index in [9.17, 15) is 9.59 Å². The number of carbonyl (C=O) groups is 2. The van der Waals surface area contributed by atoms with Gasteiger partial charge in [0.1, 0.15) is 12.3 Å². The lowest BCUT2D eigenvalue weighted by atomic mass is 10.4. The molecular weight excluding hydrogens is 212 g/mol. The van der Waals surface area contributed by atoms with Gasteiger partial charge in [-0.2, -0.15) is 0 Å². The molecule has 0 radical (unpaired) electrons. The topological polar surface area (TPSA) is 88.5 Å². The molecule has 0 aliphatic rings. The molecule has 1 rings (SSSR count). The van der Waals surface area contributed by atoms with Crippen LogP contribution in [0, 0.1) is 0 Å². The summed E-state index contributed by atoms with van der Waals surface area (Å²) in [5.41, 5.74) is 0. The number of rotatable bonds is 6. The van der Waals surface area contributed by atoms with Gasteiger partial charge in [-0.05, 0) is 12.1 Å². The monoisotopic (exact) mass is 224 g/mol. The van der Waals surface area contributed by atoms with Crippen molar-refractivity contribution in [3.05, 3.63) is 24.5 Å². The number of carbonyl (C=O) groups excluding carboxylic acids is 1. The zero-order valence-corrected chi connectivity index (χ0v) is 8.55. The van der Waals surface area contributed by atoms with Gasteiger partial charge in [-0.15, -0.1) is 0 Å². The minimum absolute atomic E-state index is 0.113. The fraction of sp³-hybridized carbons (Fsp3) is 0.300. The molecule has 86 valence electrons. The van der Waals surface area contributed by atoms with Gasteiger partial charge in [0.05, 0.1) is 19.2 Å². The molecule has 0 aromatic carbocycles. The molecule has 0 aliphatic heterocycles. The Morgan fingerprint density at radius 3 is 2.94 bits per heavy atom. The average Bonchev–Trinajstić information content (AvgIpc) is 2.28. The minimum Gasteiger partial charge on any atom is -0.491 e. The summed E-state index contributed by atoms with van der Waals surface area (Å²) in [6, 6.07) is 3.45. The quantitative estimate of drug-likeness (QED) is 0.712. The third-order valence-electron chi connectivity index (χ3n) is 1.67. The number of aromatic nitrogens is 1. The zero-order chi connectivity index (χ0) is 11.8. The Morgan fingerprint density at radius 1 is 1.50 bits per heavy atom. The maximum Gasteiger partial charge on any atom is 0.322 e. The molecule has 0 fully saturated rings. The lowest BCUT2D eigenvalue weighted by molar-refractivity contribution is -0.138. The van der Waals surface area contributed by atoms with Crippen molar-refractivity contribution in [1.82, 2.24) is 10.3 Å². The first kappa shape index (κ1) is 12.0. The lowest BCUT2D eigenvalue weighted by Gasteiger charge is -2.05. The predicted molar refractivity (Wildman–Crippen MR) is 55.0 cm³/mol. The molecule has 1 aromatic rings. The number of nitrogens with one attached hydrogen (secondary N) is 1. The van der Waals surface area contributed by atoms with Crippen LogP contribution >= 0.6 is 0 Å². The number of carboxylic acid groups (broad SMARTS) is 1. The highest BCUT2D eigenvalue weighted by Crippen LogP contribution is 2.05. The maximum absolute atomic E-state index is 11.1. The predicted octanol–water partition coefficient (Wildman–Crippen LogP) is 0.0513. The number of amides is 1. The second-order valence-corrected chi connectivity index (χ2v) is 2.96. The second-order valence-electron chi connectivity index (χ2n) is 2.96. The van der Waals surface area contributed by atoms with Gasteiger partial charge < -0.3 is 15.2 Å². The normalized spacial score (nSPS) is 9.50. The van der Waals surface area contributed by atoms with Crippen molar-refractivity contribution in [3.8, 4) is 5.75 Å². The fourth-order valence-corrected chi connectivity index (χ4v) is 0.957. The summed E-state index contributed by atoms with van der Waals surface area (Å²) in [4.78, 5) is 25.1. The molecule has 2 N–H and O–H groups in total. The van der Waals surface area contributed by atoms with Gasteiger partial charge in [0.15, 0.2) is 0 Å². The molecule has 0 saturated heterocycles. The van der Waals surface area contributed by atoms with Crippen molar-refractivity contribution in [1.29, 1.82) is 0 Å². The van der Waals surface area contributed by atoms with E-state index in [0.717, 1.165) is 0 Å². The molecule has 6 heteroatoms. The summed E-state index contributed by atoms with van der Waals surface area (Å²) in [7, 11) is 0. The highest BCUT2D eigenvalue weighted by Gasteiger charge is 2.03. The van der Waals surface area contributed by atoms with Crippen LogP contribution in [0.25, 0.3) is 0 Å². The zero-order valence-electron chi connectivity index (χ0n) is 8.55. The van der Waals surface area contributed by atoms with Crippen LogP contribution in [0.3, 0.4) is 0 Å². The maximum atomic E-state index is 11.1. The smallest absolute Gasteiger partial charge is 0.322 e. The Bertz CT molecular complexity index is 353. The fourth-order valence-electron chi connectivity index (χ4n) is 0.957. The van der Waals surface area contributed by atoms with Crippen LogP contribution in [-0.2, 0) is 9.59 Å². The van der Waals surface area contributed by atoms with E-state index in [1.54, 1.807) is 18.3 Å². The molecule has 0 bridgehead atoms. The Morgan fingerprint density at radius 2 is 2.31 bits per heavy atom. The number of hydrogen-bond donors (Lipinski definition) is 2. The Labute approximate surface area is 92.3 Å². The molecule has 16 heavy (non-hydrogen) atoms. The van der Waals surface area contributed by atoms with E-state index < -0.39 is 5.97 Å². The van der Waals surface area contributed by atoms with Crippen molar-refractivity contribution in [2.24, 2.45) is 0 Å². The number of ether oxygens (including phenoxy) is 1. The highest BCUT2D eigenvalue weighted by atomic mass is 16.5. The number of carboxylic acids is 1. The number of nitrogens with zero attached hydrogens (tertiary/aromatic N) is 1. The van der Waals surface area contributed by atoms with E-state index in [0.29, 0.717) is 5.75 Å². The summed E-state index contributed by atoms with van der Waals surface area (Å²) >= 11 is 0. The second kappa shape index (κ2) is 6.39. The SMILES string of the molecule is O=C(O)CNC(=O)CCOc1cccnc1. The molecule has 1 amide bonds. The van der Waals surface area contributed by atoms with Gasteiger partial charge in [0, 0.05) is 6.20 Å². The van der Waals surface area contributed by atoms with E-state index in [2.05, 4.69) is 10.3 Å². The molecule has 0 unspecified atom stereocenters. The van der Waals surface area contributed by atoms with Crippen LogP contribution in [0.15, 0.2) is 24.5 Å². The van der Waals surface area contributed by atoms with Crippen molar-refractivity contribution in [2.75, 3.05) is 13.2 Å². The summed E-state index contributed by atoms with van der Waals surface area (Å²) in [6.07, 6.45) is 3.27. The van der Waals surface area contributed by atoms with Gasteiger partial charge in [-0.1, -0.05) is 0 Å². The van der Waals surface area contributed by atoms with Crippen molar-refractivity contribution >= 4 is 11.9 Å². The molecule has 1 aromatic heterocycles. The van der Waals surface area contributed by atoms with E-state index in [-0.39, 0.29) is 25.5 Å².